The predicted octanol–water partition coefficient (Wildman–Crippen LogP) is 4.76. The molecular weight excluding hydrogens is 232 g/mol. The molecule has 3 rings (SSSR count). The van der Waals surface area contributed by atoms with E-state index in [2.05, 4.69) is 56.3 Å². The molecule has 0 bridgehead atoms. The van der Waals surface area contributed by atoms with E-state index < -0.39 is 0 Å². The van der Waals surface area contributed by atoms with Crippen molar-refractivity contribution < 1.29 is 4.74 Å². The lowest BCUT2D eigenvalue weighted by Gasteiger charge is -2.12. The van der Waals surface area contributed by atoms with Crippen molar-refractivity contribution in [3.63, 3.8) is 0 Å². The molecule has 0 aromatic heterocycles. The number of aryl methyl sites for hydroxylation is 2. The van der Waals surface area contributed by atoms with E-state index in [0.717, 1.165) is 11.7 Å². The zero-order valence-corrected chi connectivity index (χ0v) is 11.6. The molecule has 0 N–H and O–H groups in total. The molecule has 1 nitrogen and oxygen atoms in total. The van der Waals surface area contributed by atoms with Crippen molar-refractivity contribution in [1.82, 2.24) is 0 Å². The lowest BCUT2D eigenvalue weighted by molar-refractivity contribution is 0.303. The van der Waals surface area contributed by atoms with E-state index in [9.17, 15) is 0 Å². The largest absolute Gasteiger partial charge is 0.489 e. The third-order valence-electron chi connectivity index (χ3n) is 3.89. The van der Waals surface area contributed by atoms with Gasteiger partial charge in [0, 0.05) is 0 Å². The summed E-state index contributed by atoms with van der Waals surface area (Å²) < 4.78 is 5.96. The molecular formula is C18H20O. The van der Waals surface area contributed by atoms with Crippen LogP contribution in [-0.4, -0.2) is 0 Å². The fraction of sp³-hybridized carbons (Fsp3) is 0.333. The van der Waals surface area contributed by atoms with Gasteiger partial charge in [0.1, 0.15) is 12.4 Å². The average molecular weight is 252 g/mol. The molecule has 0 atom stereocenters. The Hall–Kier alpha value is -1.76. The summed E-state index contributed by atoms with van der Waals surface area (Å²) in [7, 11) is 0. The van der Waals surface area contributed by atoms with E-state index in [1.54, 1.807) is 0 Å². The maximum absolute atomic E-state index is 5.96. The number of hydrogen-bond donors (Lipinski definition) is 0. The number of benzene rings is 2. The van der Waals surface area contributed by atoms with Gasteiger partial charge in [-0.3, -0.25) is 0 Å². The first-order chi connectivity index (χ1) is 9.24. The summed E-state index contributed by atoms with van der Waals surface area (Å²) in [5.41, 5.74) is 5.27. The molecule has 0 unspecified atom stereocenters. The Bertz CT molecular complexity index is 582. The van der Waals surface area contributed by atoms with Crippen LogP contribution >= 0.6 is 0 Å². The summed E-state index contributed by atoms with van der Waals surface area (Å²) >= 11 is 0. The van der Waals surface area contributed by atoms with Crippen molar-refractivity contribution in [2.75, 3.05) is 0 Å². The normalized spacial score (nSPS) is 14.4. The number of rotatable bonds is 4. The minimum atomic E-state index is 0.649. The first-order valence-corrected chi connectivity index (χ1v) is 7.02. The van der Waals surface area contributed by atoms with Gasteiger partial charge in [-0.15, -0.1) is 0 Å². The monoisotopic (exact) mass is 252 g/mol. The fourth-order valence-electron chi connectivity index (χ4n) is 2.43. The SMILES string of the molecule is Cc1ccccc1COc1ccc(C2CC2)cc1C. The molecule has 0 spiro atoms. The minimum Gasteiger partial charge on any atom is -0.489 e. The van der Waals surface area contributed by atoms with Crippen LogP contribution in [0.25, 0.3) is 0 Å². The van der Waals surface area contributed by atoms with Gasteiger partial charge < -0.3 is 4.74 Å². The minimum absolute atomic E-state index is 0.649. The van der Waals surface area contributed by atoms with Crippen molar-refractivity contribution in [3.8, 4) is 5.75 Å². The van der Waals surface area contributed by atoms with Gasteiger partial charge in [-0.1, -0.05) is 36.4 Å². The van der Waals surface area contributed by atoms with Crippen LogP contribution < -0.4 is 4.74 Å². The molecule has 2 aromatic rings. The molecule has 1 aliphatic rings. The Kier molecular flexibility index (Phi) is 3.29. The van der Waals surface area contributed by atoms with Crippen LogP contribution in [0.3, 0.4) is 0 Å². The van der Waals surface area contributed by atoms with Crippen LogP contribution in [0.1, 0.15) is 41.0 Å². The van der Waals surface area contributed by atoms with Crippen LogP contribution in [0.4, 0.5) is 0 Å². The third kappa shape index (κ3) is 2.81. The summed E-state index contributed by atoms with van der Waals surface area (Å²) in [4.78, 5) is 0. The highest BCUT2D eigenvalue weighted by Gasteiger charge is 2.23. The molecule has 0 saturated heterocycles. The Morgan fingerprint density at radius 1 is 1.00 bits per heavy atom. The standard InChI is InChI=1S/C18H20O/c1-13-5-3-4-6-17(13)12-19-18-10-9-16(11-14(18)2)15-7-8-15/h3-6,9-11,15H,7-8,12H2,1-2H3. The number of hydrogen-bond acceptors (Lipinski definition) is 1. The second-order valence-corrected chi connectivity index (χ2v) is 5.51. The molecule has 2 aromatic carbocycles. The van der Waals surface area contributed by atoms with Gasteiger partial charge >= 0.3 is 0 Å². The second kappa shape index (κ2) is 5.08. The van der Waals surface area contributed by atoms with Crippen molar-refractivity contribution in [2.24, 2.45) is 0 Å². The first kappa shape index (κ1) is 12.3. The first-order valence-electron chi connectivity index (χ1n) is 7.02. The van der Waals surface area contributed by atoms with Gasteiger partial charge in [0.05, 0.1) is 0 Å². The molecule has 98 valence electrons. The maximum Gasteiger partial charge on any atom is 0.122 e. The highest BCUT2D eigenvalue weighted by atomic mass is 16.5. The third-order valence-corrected chi connectivity index (χ3v) is 3.89. The van der Waals surface area contributed by atoms with Gasteiger partial charge in [0.25, 0.3) is 0 Å². The van der Waals surface area contributed by atoms with E-state index in [-0.39, 0.29) is 0 Å². The highest BCUT2D eigenvalue weighted by Crippen LogP contribution is 2.41. The summed E-state index contributed by atoms with van der Waals surface area (Å²) in [6, 6.07) is 15.0. The van der Waals surface area contributed by atoms with Gasteiger partial charge in [-0.25, -0.2) is 0 Å². The Labute approximate surface area is 115 Å². The van der Waals surface area contributed by atoms with Crippen molar-refractivity contribution in [2.45, 2.75) is 39.2 Å². The van der Waals surface area contributed by atoms with Gasteiger partial charge in [0.15, 0.2) is 0 Å². The molecule has 1 fully saturated rings. The molecule has 0 amide bonds. The van der Waals surface area contributed by atoms with E-state index in [4.69, 9.17) is 4.74 Å². The summed E-state index contributed by atoms with van der Waals surface area (Å²) in [5.74, 6) is 1.82. The van der Waals surface area contributed by atoms with E-state index in [0.29, 0.717) is 6.61 Å². The van der Waals surface area contributed by atoms with Crippen LogP contribution in [0, 0.1) is 13.8 Å². The topological polar surface area (TPSA) is 9.23 Å². The molecule has 19 heavy (non-hydrogen) atoms. The predicted molar refractivity (Wildman–Crippen MR) is 78.7 cm³/mol. The molecule has 1 aliphatic carbocycles. The van der Waals surface area contributed by atoms with Gasteiger partial charge in [-0.2, -0.15) is 0 Å². The molecule has 0 heterocycles. The van der Waals surface area contributed by atoms with Crippen molar-refractivity contribution >= 4 is 0 Å². The number of ether oxygens (including phenoxy) is 1. The van der Waals surface area contributed by atoms with Crippen molar-refractivity contribution in [1.29, 1.82) is 0 Å². The lowest BCUT2D eigenvalue weighted by atomic mass is 10.1. The zero-order valence-electron chi connectivity index (χ0n) is 11.6. The maximum atomic E-state index is 5.96. The van der Waals surface area contributed by atoms with Gasteiger partial charge in [-0.05, 0) is 60.9 Å². The van der Waals surface area contributed by atoms with Crippen LogP contribution in [0.2, 0.25) is 0 Å². The van der Waals surface area contributed by atoms with Gasteiger partial charge in [0.2, 0.25) is 0 Å². The lowest BCUT2D eigenvalue weighted by Crippen LogP contribution is -1.99. The Morgan fingerprint density at radius 2 is 1.79 bits per heavy atom. The van der Waals surface area contributed by atoms with Crippen LogP contribution in [0.15, 0.2) is 42.5 Å². The average Bonchev–Trinajstić information content (AvgIpc) is 3.23. The zero-order chi connectivity index (χ0) is 13.2. The molecule has 0 aliphatic heterocycles. The van der Waals surface area contributed by atoms with E-state index in [1.165, 1.54) is 35.1 Å². The van der Waals surface area contributed by atoms with Crippen molar-refractivity contribution in [3.05, 3.63) is 64.7 Å². The Morgan fingerprint density at radius 3 is 2.47 bits per heavy atom. The summed E-state index contributed by atoms with van der Waals surface area (Å²) in [5, 5.41) is 0. The van der Waals surface area contributed by atoms with E-state index >= 15 is 0 Å². The quantitative estimate of drug-likeness (QED) is 0.762. The summed E-state index contributed by atoms with van der Waals surface area (Å²) in [6.45, 7) is 4.91. The fourth-order valence-corrected chi connectivity index (χ4v) is 2.43. The second-order valence-electron chi connectivity index (χ2n) is 5.51. The van der Waals surface area contributed by atoms with Crippen LogP contribution in [0.5, 0.6) is 5.75 Å². The Balaban J connectivity index is 1.71. The summed E-state index contributed by atoms with van der Waals surface area (Å²) in [6.07, 6.45) is 2.70. The van der Waals surface area contributed by atoms with Crippen LogP contribution in [-0.2, 0) is 6.61 Å². The highest BCUT2D eigenvalue weighted by molar-refractivity contribution is 5.39. The van der Waals surface area contributed by atoms with E-state index in [1.807, 2.05) is 0 Å². The smallest absolute Gasteiger partial charge is 0.122 e. The molecule has 1 saturated carbocycles. The molecule has 1 heteroatoms. The molecule has 0 radical (unpaired) electrons.